The van der Waals surface area contributed by atoms with Gasteiger partial charge in [-0.3, -0.25) is 0 Å². The molecule has 3 aromatic heterocycles. The Labute approximate surface area is 353 Å². The highest BCUT2D eigenvalue weighted by Gasteiger charge is 2.41. The first-order valence-electron chi connectivity index (χ1n) is 20.6. The van der Waals surface area contributed by atoms with Crippen LogP contribution in [-0.2, 0) is 0 Å². The monoisotopic (exact) mass is 798 g/mol. The number of benzene rings is 9. The summed E-state index contributed by atoms with van der Waals surface area (Å²) in [5.74, 6) is 0. The van der Waals surface area contributed by atoms with Gasteiger partial charge in [-0.15, -0.1) is 11.3 Å². The summed E-state index contributed by atoms with van der Waals surface area (Å²) in [6, 6.07) is 85.4. The predicted octanol–water partition coefficient (Wildman–Crippen LogP) is 12.1. The molecule has 0 bridgehead atoms. The van der Waals surface area contributed by atoms with Gasteiger partial charge in [0.25, 0.3) is 0 Å². The zero-order valence-corrected chi connectivity index (χ0v) is 34.6. The van der Waals surface area contributed by atoms with E-state index in [9.17, 15) is 0 Å². The maximum Gasteiger partial charge on any atom is 0.179 e. The van der Waals surface area contributed by atoms with Crippen LogP contribution < -0.4 is 20.7 Å². The third-order valence-electron chi connectivity index (χ3n) is 12.5. The van der Waals surface area contributed by atoms with E-state index in [4.69, 9.17) is 0 Å². The number of hydrogen-bond donors (Lipinski definition) is 0. The zero-order chi connectivity index (χ0) is 39.6. The minimum Gasteiger partial charge on any atom is -0.309 e. The molecule has 0 atom stereocenters. The summed E-state index contributed by atoms with van der Waals surface area (Å²) >= 11 is 1.88. The summed E-state index contributed by atoms with van der Waals surface area (Å²) in [6.07, 6.45) is 0. The van der Waals surface area contributed by atoms with Crippen molar-refractivity contribution in [3.63, 3.8) is 0 Å². The highest BCUT2D eigenvalue weighted by atomic mass is 32.1. The van der Waals surface area contributed by atoms with Crippen molar-refractivity contribution in [1.82, 2.24) is 9.13 Å². The summed E-state index contributed by atoms with van der Waals surface area (Å²) in [5.41, 5.74) is 8.45. The molecule has 0 saturated heterocycles. The van der Waals surface area contributed by atoms with Gasteiger partial charge >= 0.3 is 0 Å². The van der Waals surface area contributed by atoms with E-state index in [2.05, 4.69) is 240 Å². The molecule has 12 aromatic rings. The second-order valence-corrected chi connectivity index (χ2v) is 20.5. The van der Waals surface area contributed by atoms with E-state index < -0.39 is 8.07 Å². The Morgan fingerprint density at radius 3 is 1.45 bits per heavy atom. The highest BCUT2D eigenvalue weighted by molar-refractivity contribution is 7.25. The number of nitrogens with zero attached hydrogens (tertiary/aromatic N) is 2. The van der Waals surface area contributed by atoms with Crippen LogP contribution in [0.25, 0.3) is 75.5 Å². The molecule has 0 radical (unpaired) electrons. The molecule has 0 aliphatic carbocycles. The van der Waals surface area contributed by atoms with Crippen LogP contribution in [0.3, 0.4) is 0 Å². The van der Waals surface area contributed by atoms with Crippen molar-refractivity contribution >= 4 is 93.2 Å². The molecule has 0 amide bonds. The first kappa shape index (κ1) is 34.8. The fourth-order valence-corrected chi connectivity index (χ4v) is 15.9. The van der Waals surface area contributed by atoms with Crippen LogP contribution in [0.2, 0.25) is 0 Å². The Bertz CT molecular complexity index is 3420. The lowest BCUT2D eigenvalue weighted by Gasteiger charge is -2.34. The molecule has 0 spiro atoms. The van der Waals surface area contributed by atoms with E-state index in [1.807, 2.05) is 11.3 Å². The second kappa shape index (κ2) is 14.0. The minimum atomic E-state index is -2.69. The van der Waals surface area contributed by atoms with Crippen LogP contribution in [-0.4, -0.2) is 17.2 Å². The third-order valence-corrected chi connectivity index (χ3v) is 18.4. The average molecular weight is 799 g/mol. The summed E-state index contributed by atoms with van der Waals surface area (Å²) in [4.78, 5) is 1.29. The number of aromatic nitrogens is 2. The standard InChI is InChI=1S/C56H38N2SSi/c1-5-17-41(18-6-1)58-52-28-16-14-26-48(52)55-49-35-31-40(37-54(49)59-56(55)58)39-29-32-42(33-30-39)57-51-27-15-13-25-47(51)50-38-46(34-36-53(50)57)60(43-19-7-2-8-20-43,44-21-9-3-10-22-44)45-23-11-4-12-24-45/h1-38H. The van der Waals surface area contributed by atoms with E-state index in [-0.39, 0.29) is 0 Å². The second-order valence-electron chi connectivity index (χ2n) is 15.7. The van der Waals surface area contributed by atoms with Crippen LogP contribution in [0.1, 0.15) is 0 Å². The normalized spacial score (nSPS) is 12.0. The van der Waals surface area contributed by atoms with Crippen molar-refractivity contribution in [3.05, 3.63) is 231 Å². The number of fused-ring (bicyclic) bond motifs is 8. The van der Waals surface area contributed by atoms with Gasteiger partial charge in [0.05, 0.1) is 16.6 Å². The van der Waals surface area contributed by atoms with Crippen molar-refractivity contribution < 1.29 is 0 Å². The van der Waals surface area contributed by atoms with Crippen LogP contribution in [0.5, 0.6) is 0 Å². The summed E-state index contributed by atoms with van der Waals surface area (Å²) in [5, 5.41) is 12.0. The maximum atomic E-state index is 2.51. The predicted molar refractivity (Wildman–Crippen MR) is 260 cm³/mol. The van der Waals surface area contributed by atoms with Gasteiger partial charge < -0.3 is 9.13 Å². The van der Waals surface area contributed by atoms with Gasteiger partial charge in [-0.05, 0) is 80.4 Å². The van der Waals surface area contributed by atoms with Crippen molar-refractivity contribution in [1.29, 1.82) is 0 Å². The molecular weight excluding hydrogens is 761 g/mol. The molecule has 2 nitrogen and oxygen atoms in total. The molecule has 0 saturated carbocycles. The molecule has 0 N–H and O–H groups in total. The topological polar surface area (TPSA) is 9.86 Å². The van der Waals surface area contributed by atoms with E-state index in [1.165, 1.54) is 90.6 Å². The van der Waals surface area contributed by atoms with Crippen LogP contribution in [0.15, 0.2) is 231 Å². The Morgan fingerprint density at radius 1 is 0.317 bits per heavy atom. The molecule has 4 heteroatoms. The first-order chi connectivity index (χ1) is 29.8. The fourth-order valence-electron chi connectivity index (χ4n) is 9.86. The van der Waals surface area contributed by atoms with Gasteiger partial charge in [-0.25, -0.2) is 0 Å². The summed E-state index contributed by atoms with van der Waals surface area (Å²) < 4.78 is 6.17. The number of rotatable bonds is 7. The molecule has 12 rings (SSSR count). The highest BCUT2D eigenvalue weighted by Crippen LogP contribution is 2.43. The Morgan fingerprint density at radius 2 is 0.817 bits per heavy atom. The molecule has 9 aromatic carbocycles. The van der Waals surface area contributed by atoms with Crippen LogP contribution >= 0.6 is 11.3 Å². The molecule has 0 aliphatic heterocycles. The van der Waals surface area contributed by atoms with Crippen LogP contribution in [0, 0.1) is 0 Å². The van der Waals surface area contributed by atoms with E-state index >= 15 is 0 Å². The molecule has 3 heterocycles. The van der Waals surface area contributed by atoms with Gasteiger partial charge in [0, 0.05) is 43.0 Å². The van der Waals surface area contributed by atoms with Crippen molar-refractivity contribution in [2.24, 2.45) is 0 Å². The number of para-hydroxylation sites is 3. The minimum absolute atomic E-state index is 1.15. The Balaban J connectivity index is 0.988. The third kappa shape index (κ3) is 5.25. The van der Waals surface area contributed by atoms with Gasteiger partial charge in [-0.1, -0.05) is 182 Å². The lowest BCUT2D eigenvalue weighted by molar-refractivity contribution is 1.18. The van der Waals surface area contributed by atoms with E-state index in [0.717, 1.165) is 5.69 Å². The van der Waals surface area contributed by atoms with Crippen LogP contribution in [0.4, 0.5) is 0 Å². The Hall–Kier alpha value is -7.24. The van der Waals surface area contributed by atoms with Crippen molar-refractivity contribution in [3.8, 4) is 22.5 Å². The molecular formula is C56H38N2SSi. The molecule has 0 fully saturated rings. The Kier molecular flexibility index (Phi) is 8.08. The molecule has 60 heavy (non-hydrogen) atoms. The average Bonchev–Trinajstić information content (AvgIpc) is 3.97. The molecule has 0 aliphatic rings. The summed E-state index contributed by atoms with van der Waals surface area (Å²) in [7, 11) is -2.69. The van der Waals surface area contributed by atoms with Gasteiger partial charge in [-0.2, -0.15) is 0 Å². The van der Waals surface area contributed by atoms with Gasteiger partial charge in [0.1, 0.15) is 4.83 Å². The van der Waals surface area contributed by atoms with Crippen molar-refractivity contribution in [2.45, 2.75) is 0 Å². The molecule has 282 valence electrons. The number of hydrogen-bond acceptors (Lipinski definition) is 1. The SMILES string of the molecule is c1ccc(-n2c3ccccc3c3c4ccc(-c5ccc(-n6c7ccccc7c7cc([Si](c8ccccc8)(c8ccccc8)c8ccccc8)ccc76)cc5)cc4sc32)cc1. The van der Waals surface area contributed by atoms with Gasteiger partial charge in [0.15, 0.2) is 8.07 Å². The van der Waals surface area contributed by atoms with E-state index in [1.54, 1.807) is 0 Å². The lowest BCUT2D eigenvalue weighted by atomic mass is 10.0. The van der Waals surface area contributed by atoms with Gasteiger partial charge in [0.2, 0.25) is 0 Å². The first-order valence-corrected chi connectivity index (χ1v) is 23.4. The summed E-state index contributed by atoms with van der Waals surface area (Å²) in [6.45, 7) is 0. The fraction of sp³-hybridized carbons (Fsp3) is 0. The lowest BCUT2D eigenvalue weighted by Crippen LogP contribution is -2.74. The smallest absolute Gasteiger partial charge is 0.179 e. The maximum absolute atomic E-state index is 2.69. The molecule has 0 unspecified atom stereocenters. The largest absolute Gasteiger partial charge is 0.309 e. The quantitative estimate of drug-likeness (QED) is 0.112. The van der Waals surface area contributed by atoms with E-state index in [0.29, 0.717) is 0 Å². The zero-order valence-electron chi connectivity index (χ0n) is 32.7. The number of thiophene rings is 1. The van der Waals surface area contributed by atoms with Crippen molar-refractivity contribution in [2.75, 3.05) is 0 Å².